The molecule has 0 radical (unpaired) electrons. The van der Waals surface area contributed by atoms with Gasteiger partial charge in [-0.05, 0) is 48.0 Å². The molecule has 0 aliphatic carbocycles. The normalized spacial score (nSPS) is 14.7. The number of piperazine rings is 1. The summed E-state index contributed by atoms with van der Waals surface area (Å²) in [5.74, 6) is 0.637. The van der Waals surface area contributed by atoms with Crippen LogP contribution in [-0.2, 0) is 13.3 Å². The molecule has 0 unspecified atom stereocenters. The Balaban J connectivity index is 1.32. The van der Waals surface area contributed by atoms with Crippen molar-refractivity contribution in [1.82, 2.24) is 19.6 Å². The van der Waals surface area contributed by atoms with E-state index in [0.29, 0.717) is 29.6 Å². The number of hydrogen-bond acceptors (Lipinski definition) is 4. The van der Waals surface area contributed by atoms with Gasteiger partial charge in [0.15, 0.2) is 6.73 Å². The number of nitrogens with zero attached hydrogens (tertiary/aromatic N) is 4. The van der Waals surface area contributed by atoms with E-state index in [-0.39, 0.29) is 12.6 Å². The molecule has 6 nitrogen and oxygen atoms in total. The highest BCUT2D eigenvalue weighted by molar-refractivity contribution is 6.30. The minimum Gasteiger partial charge on any atom is -0.471 e. The van der Waals surface area contributed by atoms with Gasteiger partial charge in [0.05, 0.1) is 0 Å². The fourth-order valence-corrected chi connectivity index (χ4v) is 3.79. The second-order valence-corrected chi connectivity index (χ2v) is 8.01. The first kappa shape index (κ1) is 20.7. The minimum absolute atomic E-state index is 0.0328. The van der Waals surface area contributed by atoms with Crippen molar-refractivity contribution in [2.45, 2.75) is 13.3 Å². The lowest BCUT2D eigenvalue weighted by atomic mass is 10.2. The maximum absolute atomic E-state index is 13.0. The van der Waals surface area contributed by atoms with Gasteiger partial charge in [0.2, 0.25) is 0 Å². The van der Waals surface area contributed by atoms with Crippen molar-refractivity contribution in [2.75, 3.05) is 26.2 Å². The van der Waals surface area contributed by atoms with Crippen LogP contribution >= 0.6 is 23.2 Å². The van der Waals surface area contributed by atoms with Gasteiger partial charge in [0.25, 0.3) is 5.91 Å². The summed E-state index contributed by atoms with van der Waals surface area (Å²) in [7, 11) is 0. The molecule has 2 heterocycles. The van der Waals surface area contributed by atoms with Gasteiger partial charge in [-0.2, -0.15) is 5.10 Å². The predicted molar refractivity (Wildman–Crippen MR) is 117 cm³/mol. The molecule has 1 amide bonds. The third kappa shape index (κ3) is 5.14. The van der Waals surface area contributed by atoms with Gasteiger partial charge in [-0.25, -0.2) is 4.68 Å². The Bertz CT molecular complexity index is 998. The van der Waals surface area contributed by atoms with E-state index in [1.807, 2.05) is 23.1 Å². The van der Waals surface area contributed by atoms with Gasteiger partial charge in [0, 0.05) is 49.0 Å². The second-order valence-electron chi connectivity index (χ2n) is 7.14. The monoisotopic (exact) mass is 444 g/mol. The van der Waals surface area contributed by atoms with Gasteiger partial charge in [-0.15, -0.1) is 0 Å². The number of amides is 1. The fraction of sp³-hybridized carbons (Fsp3) is 0.273. The Hall–Kier alpha value is -2.54. The van der Waals surface area contributed by atoms with Gasteiger partial charge >= 0.3 is 0 Å². The third-order valence-corrected chi connectivity index (χ3v) is 5.54. The standard InChI is InChI=1S/C22H22Cl2N4O2/c23-18-4-6-20(7-5-18)30-16-28-21(8-9-25-28)22(29)27-12-10-26(11-13-27)15-17-2-1-3-19(24)14-17/h1-9,14H,10-13,15-16H2. The molecule has 1 aliphatic rings. The first-order valence-electron chi connectivity index (χ1n) is 9.75. The molecule has 8 heteroatoms. The molecule has 1 saturated heterocycles. The summed E-state index contributed by atoms with van der Waals surface area (Å²) < 4.78 is 7.31. The van der Waals surface area contributed by atoms with E-state index in [1.165, 1.54) is 5.56 Å². The van der Waals surface area contributed by atoms with Crippen molar-refractivity contribution in [2.24, 2.45) is 0 Å². The average Bonchev–Trinajstić information content (AvgIpc) is 3.22. The summed E-state index contributed by atoms with van der Waals surface area (Å²) in [6.45, 7) is 3.95. The highest BCUT2D eigenvalue weighted by Crippen LogP contribution is 2.17. The van der Waals surface area contributed by atoms with E-state index in [9.17, 15) is 4.79 Å². The summed E-state index contributed by atoms with van der Waals surface area (Å²) in [5, 5.41) is 5.63. The van der Waals surface area contributed by atoms with Crippen molar-refractivity contribution < 1.29 is 9.53 Å². The molecule has 1 aromatic heterocycles. The SMILES string of the molecule is O=C(c1ccnn1COc1ccc(Cl)cc1)N1CCN(Cc2cccc(Cl)c2)CC1. The summed E-state index contributed by atoms with van der Waals surface area (Å²) >= 11 is 12.0. The van der Waals surface area contributed by atoms with Crippen LogP contribution in [0.1, 0.15) is 16.1 Å². The number of carbonyl (C=O) groups excluding carboxylic acids is 1. The Morgan fingerprint density at radius 3 is 2.47 bits per heavy atom. The number of rotatable bonds is 6. The minimum atomic E-state index is -0.0328. The van der Waals surface area contributed by atoms with E-state index < -0.39 is 0 Å². The number of hydrogen-bond donors (Lipinski definition) is 0. The van der Waals surface area contributed by atoms with Crippen molar-refractivity contribution >= 4 is 29.1 Å². The molecule has 0 bridgehead atoms. The largest absolute Gasteiger partial charge is 0.471 e. The maximum atomic E-state index is 13.0. The first-order chi connectivity index (χ1) is 14.6. The van der Waals surface area contributed by atoms with Gasteiger partial charge in [-0.3, -0.25) is 9.69 Å². The van der Waals surface area contributed by atoms with E-state index in [0.717, 1.165) is 24.7 Å². The van der Waals surface area contributed by atoms with Gasteiger partial charge < -0.3 is 9.64 Å². The Kier molecular flexibility index (Phi) is 6.57. The maximum Gasteiger partial charge on any atom is 0.272 e. The van der Waals surface area contributed by atoms with Gasteiger partial charge in [-0.1, -0.05) is 35.3 Å². The van der Waals surface area contributed by atoms with Crippen LogP contribution in [-0.4, -0.2) is 51.7 Å². The Labute approximate surface area is 185 Å². The van der Waals surface area contributed by atoms with Gasteiger partial charge in [0.1, 0.15) is 11.4 Å². The van der Waals surface area contributed by atoms with Crippen LogP contribution in [0.15, 0.2) is 60.8 Å². The summed E-state index contributed by atoms with van der Waals surface area (Å²) in [4.78, 5) is 17.2. The lowest BCUT2D eigenvalue weighted by molar-refractivity contribution is 0.0607. The summed E-state index contributed by atoms with van der Waals surface area (Å²) in [5.41, 5.74) is 1.70. The number of halogens is 2. The van der Waals surface area contributed by atoms with Crippen molar-refractivity contribution in [3.8, 4) is 5.75 Å². The molecule has 30 heavy (non-hydrogen) atoms. The highest BCUT2D eigenvalue weighted by Gasteiger charge is 2.24. The van der Waals surface area contributed by atoms with E-state index in [1.54, 1.807) is 41.2 Å². The number of benzene rings is 2. The second kappa shape index (κ2) is 9.51. The van der Waals surface area contributed by atoms with Crippen LogP contribution in [0.25, 0.3) is 0 Å². The van der Waals surface area contributed by atoms with Crippen LogP contribution in [0.3, 0.4) is 0 Å². The zero-order valence-electron chi connectivity index (χ0n) is 16.4. The number of ether oxygens (including phenoxy) is 1. The lowest BCUT2D eigenvalue weighted by Crippen LogP contribution is -2.48. The topological polar surface area (TPSA) is 50.6 Å². The lowest BCUT2D eigenvalue weighted by Gasteiger charge is -2.34. The highest BCUT2D eigenvalue weighted by atomic mass is 35.5. The van der Waals surface area contributed by atoms with Crippen molar-refractivity contribution in [3.05, 3.63) is 82.1 Å². The van der Waals surface area contributed by atoms with Crippen LogP contribution in [0.2, 0.25) is 10.0 Å². The predicted octanol–water partition coefficient (Wildman–Crippen LogP) is 4.18. The Morgan fingerprint density at radius 1 is 0.967 bits per heavy atom. The summed E-state index contributed by atoms with van der Waals surface area (Å²) in [6, 6.07) is 16.7. The molecule has 0 N–H and O–H groups in total. The molecule has 1 aliphatic heterocycles. The molecule has 4 rings (SSSR count). The third-order valence-electron chi connectivity index (χ3n) is 5.06. The fourth-order valence-electron chi connectivity index (χ4n) is 3.45. The Morgan fingerprint density at radius 2 is 1.73 bits per heavy atom. The molecule has 156 valence electrons. The van der Waals surface area contributed by atoms with Crippen LogP contribution in [0.4, 0.5) is 0 Å². The zero-order valence-corrected chi connectivity index (χ0v) is 17.9. The van der Waals surface area contributed by atoms with Crippen LogP contribution in [0, 0.1) is 0 Å². The van der Waals surface area contributed by atoms with E-state index >= 15 is 0 Å². The number of aromatic nitrogens is 2. The first-order valence-corrected chi connectivity index (χ1v) is 10.5. The molecule has 3 aromatic rings. The van der Waals surface area contributed by atoms with E-state index in [4.69, 9.17) is 27.9 Å². The molecule has 0 saturated carbocycles. The van der Waals surface area contributed by atoms with Crippen molar-refractivity contribution in [3.63, 3.8) is 0 Å². The average molecular weight is 445 g/mol. The molecular formula is C22H22Cl2N4O2. The van der Waals surface area contributed by atoms with Crippen LogP contribution in [0.5, 0.6) is 5.75 Å². The zero-order chi connectivity index (χ0) is 20.9. The molecule has 0 atom stereocenters. The summed E-state index contributed by atoms with van der Waals surface area (Å²) in [6.07, 6.45) is 1.62. The molecule has 1 fully saturated rings. The van der Waals surface area contributed by atoms with Crippen LogP contribution < -0.4 is 4.74 Å². The molecule has 2 aromatic carbocycles. The quantitative estimate of drug-likeness (QED) is 0.571. The molecular weight excluding hydrogens is 423 g/mol. The number of carbonyl (C=O) groups is 1. The smallest absolute Gasteiger partial charge is 0.272 e. The van der Waals surface area contributed by atoms with Crippen molar-refractivity contribution in [1.29, 1.82) is 0 Å². The molecule has 0 spiro atoms. The van der Waals surface area contributed by atoms with E-state index in [2.05, 4.69) is 16.1 Å².